The number of anilines is 1. The number of rotatable bonds is 9. The van der Waals surface area contributed by atoms with E-state index < -0.39 is 28.5 Å². The predicted molar refractivity (Wildman–Crippen MR) is 143 cm³/mol. The standard InChI is InChI=1S/C25H31BrClN3O4S/c1-18(25(32)28-22-8-4-3-5-9-22)29(16-19-11-13-21(27)14-12-19)24(31)17-30(35(2,33)34)23-10-6-7-20(26)15-23/h6-7,10-15,18,22H,3-5,8-9,16-17H2,1-2H3,(H,28,32)/t18-/m0/s1. The highest BCUT2D eigenvalue weighted by molar-refractivity contribution is 9.10. The molecule has 190 valence electrons. The molecule has 10 heteroatoms. The molecule has 1 atom stereocenters. The molecule has 0 radical (unpaired) electrons. The maximum atomic E-state index is 13.6. The van der Waals surface area contributed by atoms with Crippen LogP contribution in [0.25, 0.3) is 0 Å². The van der Waals surface area contributed by atoms with Gasteiger partial charge in [0, 0.05) is 22.1 Å². The van der Waals surface area contributed by atoms with Crippen molar-refractivity contribution in [3.05, 3.63) is 63.6 Å². The summed E-state index contributed by atoms with van der Waals surface area (Å²) in [5, 5.41) is 3.64. The Hall–Kier alpha value is -2.10. The van der Waals surface area contributed by atoms with Gasteiger partial charge >= 0.3 is 0 Å². The second kappa shape index (κ2) is 12.2. The summed E-state index contributed by atoms with van der Waals surface area (Å²) < 4.78 is 27.0. The normalized spacial score (nSPS) is 15.3. The second-order valence-electron chi connectivity index (χ2n) is 8.92. The Balaban J connectivity index is 1.86. The molecule has 0 aromatic heterocycles. The van der Waals surface area contributed by atoms with Crippen molar-refractivity contribution >= 4 is 55.1 Å². The fourth-order valence-corrected chi connectivity index (χ4v) is 5.54. The van der Waals surface area contributed by atoms with Gasteiger partial charge in [0.1, 0.15) is 12.6 Å². The van der Waals surface area contributed by atoms with Crippen molar-refractivity contribution in [3.8, 4) is 0 Å². The molecule has 2 aromatic rings. The van der Waals surface area contributed by atoms with Gasteiger partial charge in [-0.25, -0.2) is 8.42 Å². The van der Waals surface area contributed by atoms with Gasteiger partial charge < -0.3 is 10.2 Å². The van der Waals surface area contributed by atoms with E-state index in [4.69, 9.17) is 11.6 Å². The highest BCUT2D eigenvalue weighted by Crippen LogP contribution is 2.23. The summed E-state index contributed by atoms with van der Waals surface area (Å²) in [6, 6.07) is 13.1. The Labute approximate surface area is 221 Å². The number of nitrogens with one attached hydrogen (secondary N) is 1. The number of hydrogen-bond donors (Lipinski definition) is 1. The highest BCUT2D eigenvalue weighted by Gasteiger charge is 2.31. The molecule has 1 aliphatic carbocycles. The van der Waals surface area contributed by atoms with Gasteiger partial charge in [0.05, 0.1) is 11.9 Å². The van der Waals surface area contributed by atoms with Gasteiger partial charge in [-0.3, -0.25) is 13.9 Å². The lowest BCUT2D eigenvalue weighted by Crippen LogP contribution is -2.52. The van der Waals surface area contributed by atoms with Crippen LogP contribution in [0, 0.1) is 0 Å². The van der Waals surface area contributed by atoms with Crippen molar-refractivity contribution in [1.29, 1.82) is 0 Å². The van der Waals surface area contributed by atoms with E-state index in [2.05, 4.69) is 21.2 Å². The maximum absolute atomic E-state index is 13.6. The quantitative estimate of drug-likeness (QED) is 0.462. The molecule has 0 spiro atoms. The third-order valence-electron chi connectivity index (χ3n) is 6.16. The Morgan fingerprint density at radius 2 is 1.77 bits per heavy atom. The lowest BCUT2D eigenvalue weighted by molar-refractivity contribution is -0.139. The first-order valence-electron chi connectivity index (χ1n) is 11.6. The van der Waals surface area contributed by atoms with E-state index in [1.807, 2.05) is 0 Å². The zero-order valence-electron chi connectivity index (χ0n) is 19.9. The smallest absolute Gasteiger partial charge is 0.244 e. The minimum absolute atomic E-state index is 0.0976. The first kappa shape index (κ1) is 27.5. The first-order valence-corrected chi connectivity index (χ1v) is 14.6. The fraction of sp³-hybridized carbons (Fsp3) is 0.440. The largest absolute Gasteiger partial charge is 0.352 e. The Bertz CT molecular complexity index is 1140. The summed E-state index contributed by atoms with van der Waals surface area (Å²) in [5.74, 6) is -0.718. The zero-order valence-corrected chi connectivity index (χ0v) is 23.1. The molecule has 3 rings (SSSR count). The molecule has 2 amide bonds. The average molecular weight is 585 g/mol. The molecule has 0 aliphatic heterocycles. The molecule has 1 N–H and O–H groups in total. The minimum Gasteiger partial charge on any atom is -0.352 e. The minimum atomic E-state index is -3.76. The fourth-order valence-electron chi connectivity index (χ4n) is 4.18. The van der Waals surface area contributed by atoms with E-state index in [-0.39, 0.29) is 18.5 Å². The number of amides is 2. The molecule has 35 heavy (non-hydrogen) atoms. The summed E-state index contributed by atoms with van der Waals surface area (Å²) in [5.41, 5.74) is 1.15. The molecule has 1 saturated carbocycles. The number of nitrogens with zero attached hydrogens (tertiary/aromatic N) is 2. The van der Waals surface area contributed by atoms with Crippen LogP contribution < -0.4 is 9.62 Å². The second-order valence-corrected chi connectivity index (χ2v) is 12.2. The topological polar surface area (TPSA) is 86.8 Å². The van der Waals surface area contributed by atoms with Gasteiger partial charge in [0.2, 0.25) is 21.8 Å². The SMILES string of the molecule is C[C@@H](C(=O)NC1CCCCC1)N(Cc1ccc(Cl)cc1)C(=O)CN(c1cccc(Br)c1)S(C)(=O)=O. The Morgan fingerprint density at radius 1 is 1.11 bits per heavy atom. The Morgan fingerprint density at radius 3 is 2.37 bits per heavy atom. The summed E-state index contributed by atoms with van der Waals surface area (Å²) in [4.78, 5) is 28.1. The monoisotopic (exact) mass is 583 g/mol. The summed E-state index contributed by atoms with van der Waals surface area (Å²) in [7, 11) is -3.76. The average Bonchev–Trinajstić information content (AvgIpc) is 2.81. The van der Waals surface area contributed by atoms with Crippen LogP contribution in [0.3, 0.4) is 0 Å². The molecule has 0 saturated heterocycles. The maximum Gasteiger partial charge on any atom is 0.244 e. The van der Waals surface area contributed by atoms with Crippen LogP contribution >= 0.6 is 27.5 Å². The lowest BCUT2D eigenvalue weighted by atomic mass is 9.95. The van der Waals surface area contributed by atoms with Gasteiger partial charge in [-0.2, -0.15) is 0 Å². The molecule has 1 fully saturated rings. The lowest BCUT2D eigenvalue weighted by Gasteiger charge is -2.33. The number of hydrogen-bond acceptors (Lipinski definition) is 4. The molecule has 2 aromatic carbocycles. The first-order chi connectivity index (χ1) is 16.5. The summed E-state index contributed by atoms with van der Waals surface area (Å²) >= 11 is 9.36. The van der Waals surface area contributed by atoms with Crippen LogP contribution in [0.15, 0.2) is 53.0 Å². The molecule has 1 aliphatic rings. The van der Waals surface area contributed by atoms with E-state index in [9.17, 15) is 18.0 Å². The van der Waals surface area contributed by atoms with Gasteiger partial charge in [-0.15, -0.1) is 0 Å². The van der Waals surface area contributed by atoms with Crippen molar-refractivity contribution in [2.45, 2.75) is 57.7 Å². The zero-order chi connectivity index (χ0) is 25.6. The van der Waals surface area contributed by atoms with Crippen LogP contribution in [0.4, 0.5) is 5.69 Å². The van der Waals surface area contributed by atoms with Gasteiger partial charge in [0.15, 0.2) is 0 Å². The van der Waals surface area contributed by atoms with E-state index >= 15 is 0 Å². The number of carbonyl (C=O) groups excluding carboxylic acids is 2. The highest BCUT2D eigenvalue weighted by atomic mass is 79.9. The van der Waals surface area contributed by atoms with Crippen LogP contribution in [0.1, 0.15) is 44.6 Å². The third-order valence-corrected chi connectivity index (χ3v) is 8.05. The molecule has 0 unspecified atom stereocenters. The van der Waals surface area contributed by atoms with E-state index in [0.29, 0.717) is 15.2 Å². The third kappa shape index (κ3) is 7.95. The van der Waals surface area contributed by atoms with Crippen molar-refractivity contribution in [2.75, 3.05) is 17.1 Å². The van der Waals surface area contributed by atoms with Crippen molar-refractivity contribution < 1.29 is 18.0 Å². The van der Waals surface area contributed by atoms with E-state index in [1.165, 1.54) is 11.3 Å². The van der Waals surface area contributed by atoms with Crippen LogP contribution in [0.2, 0.25) is 5.02 Å². The summed E-state index contributed by atoms with van der Waals surface area (Å²) in [6.07, 6.45) is 6.22. The van der Waals surface area contributed by atoms with Crippen molar-refractivity contribution in [3.63, 3.8) is 0 Å². The molecule has 0 heterocycles. The van der Waals surface area contributed by atoms with Crippen LogP contribution in [-0.2, 0) is 26.2 Å². The van der Waals surface area contributed by atoms with Crippen molar-refractivity contribution in [2.24, 2.45) is 0 Å². The van der Waals surface area contributed by atoms with Gasteiger partial charge in [-0.05, 0) is 55.7 Å². The van der Waals surface area contributed by atoms with E-state index in [0.717, 1.165) is 41.8 Å². The van der Waals surface area contributed by atoms with Gasteiger partial charge in [0.25, 0.3) is 0 Å². The molecule has 7 nitrogen and oxygen atoms in total. The number of halogens is 2. The van der Waals surface area contributed by atoms with Crippen LogP contribution in [0.5, 0.6) is 0 Å². The molecular weight excluding hydrogens is 554 g/mol. The van der Waals surface area contributed by atoms with Crippen LogP contribution in [-0.4, -0.2) is 50.0 Å². The number of carbonyl (C=O) groups is 2. The molecule has 0 bridgehead atoms. The summed E-state index contributed by atoms with van der Waals surface area (Å²) in [6.45, 7) is 1.39. The van der Waals surface area contributed by atoms with E-state index in [1.54, 1.807) is 55.5 Å². The number of sulfonamides is 1. The predicted octanol–water partition coefficient (Wildman–Crippen LogP) is 4.73. The van der Waals surface area contributed by atoms with Crippen molar-refractivity contribution in [1.82, 2.24) is 10.2 Å². The molecular formula is C25H31BrClN3O4S. The van der Waals surface area contributed by atoms with Gasteiger partial charge in [-0.1, -0.05) is 65.0 Å². The Kier molecular flexibility index (Phi) is 9.61. The number of benzene rings is 2.